The van der Waals surface area contributed by atoms with Gasteiger partial charge in [-0.2, -0.15) is 0 Å². The summed E-state index contributed by atoms with van der Waals surface area (Å²) in [4.78, 5) is 0.630. The third-order valence-electron chi connectivity index (χ3n) is 10.7. The van der Waals surface area contributed by atoms with Gasteiger partial charge in [-0.15, -0.1) is 0 Å². The molecular formula is C44H46NO4S2+. The van der Waals surface area contributed by atoms with Crippen molar-refractivity contribution in [2.45, 2.75) is 62.4 Å². The van der Waals surface area contributed by atoms with E-state index in [4.69, 9.17) is 0 Å². The Hall–Kier alpha value is -4.30. The lowest BCUT2D eigenvalue weighted by atomic mass is 9.82. The van der Waals surface area contributed by atoms with Gasteiger partial charge >= 0.3 is 0 Å². The summed E-state index contributed by atoms with van der Waals surface area (Å²) < 4.78 is 51.5. The lowest BCUT2D eigenvalue weighted by molar-refractivity contribution is -0.953. The van der Waals surface area contributed by atoms with Crippen molar-refractivity contribution in [3.8, 4) is 33.4 Å². The van der Waals surface area contributed by atoms with Crippen LogP contribution < -0.4 is 0 Å². The number of hydrogen-bond donors (Lipinski definition) is 0. The Kier molecular flexibility index (Phi) is 9.42. The van der Waals surface area contributed by atoms with Gasteiger partial charge in [0.25, 0.3) is 0 Å². The molecule has 6 aromatic rings. The lowest BCUT2D eigenvalue weighted by Crippen LogP contribution is -2.47. The maximum absolute atomic E-state index is 12.8. The third-order valence-corrected chi connectivity index (χ3v) is 12.9. The molecule has 1 aliphatic rings. The van der Waals surface area contributed by atoms with Gasteiger partial charge in [0, 0.05) is 34.8 Å². The van der Waals surface area contributed by atoms with Gasteiger partial charge in [0.2, 0.25) is 0 Å². The van der Waals surface area contributed by atoms with E-state index in [1.807, 2.05) is 24.3 Å². The van der Waals surface area contributed by atoms with Crippen LogP contribution in [0.4, 0.5) is 0 Å². The number of unbranched alkanes of at least 4 members (excludes halogenated alkanes) is 2. The maximum Gasteiger partial charge on any atom is 0.175 e. The zero-order valence-corrected chi connectivity index (χ0v) is 31.6. The lowest BCUT2D eigenvalue weighted by Gasteiger charge is -2.39. The van der Waals surface area contributed by atoms with E-state index < -0.39 is 19.7 Å². The monoisotopic (exact) mass is 716 g/mol. The topological polar surface area (TPSA) is 68.3 Å². The quantitative estimate of drug-likeness (QED) is 0.132. The molecule has 0 atom stereocenters. The minimum Gasteiger partial charge on any atom is -0.316 e. The molecule has 0 radical (unpaired) electrons. The van der Waals surface area contributed by atoms with Gasteiger partial charge < -0.3 is 4.48 Å². The molecule has 262 valence electrons. The molecule has 0 aliphatic carbocycles. The van der Waals surface area contributed by atoms with Crippen molar-refractivity contribution in [1.82, 2.24) is 0 Å². The SMILES string of the molecule is CCCC[N+]1(CCCC)Cc2c(-c3ccc(S(C)(=O)=O)cc3)cc3ccccc3c2-c2c(c(-c3cccc(S(C)(=O)=O)c3)cc3ccccc23)C1. The molecule has 7 heteroatoms. The Balaban J connectivity index is 1.66. The minimum atomic E-state index is -3.42. The van der Waals surface area contributed by atoms with Crippen LogP contribution in [-0.4, -0.2) is 46.9 Å². The van der Waals surface area contributed by atoms with Crippen molar-refractivity contribution in [2.24, 2.45) is 0 Å². The predicted octanol–water partition coefficient (Wildman–Crippen LogP) is 10.2. The first-order chi connectivity index (χ1) is 24.4. The van der Waals surface area contributed by atoms with Crippen molar-refractivity contribution >= 4 is 41.2 Å². The van der Waals surface area contributed by atoms with Crippen LogP contribution in [0.25, 0.3) is 54.9 Å². The summed E-state index contributed by atoms with van der Waals surface area (Å²) in [6.45, 7) is 8.19. The number of nitrogens with zero attached hydrogens (tertiary/aromatic N) is 1. The average Bonchev–Trinajstić information content (AvgIpc) is 3.27. The van der Waals surface area contributed by atoms with E-state index >= 15 is 0 Å². The Morgan fingerprint density at radius 3 is 1.51 bits per heavy atom. The van der Waals surface area contributed by atoms with Crippen molar-refractivity contribution in [3.63, 3.8) is 0 Å². The number of quaternary nitrogens is 1. The molecule has 1 aliphatic heterocycles. The average molecular weight is 717 g/mol. The van der Waals surface area contributed by atoms with E-state index in [0.717, 1.165) is 89.4 Å². The van der Waals surface area contributed by atoms with Gasteiger partial charge in [-0.3, -0.25) is 0 Å². The highest BCUT2D eigenvalue weighted by molar-refractivity contribution is 7.91. The molecule has 0 unspecified atom stereocenters. The van der Waals surface area contributed by atoms with Gasteiger partial charge in [0.1, 0.15) is 13.1 Å². The Morgan fingerprint density at radius 1 is 0.529 bits per heavy atom. The Bertz CT molecular complexity index is 2490. The molecule has 0 spiro atoms. The summed E-state index contributed by atoms with van der Waals surface area (Å²) >= 11 is 0. The van der Waals surface area contributed by atoms with E-state index in [0.29, 0.717) is 9.79 Å². The Morgan fingerprint density at radius 2 is 1.02 bits per heavy atom. The van der Waals surface area contributed by atoms with E-state index in [2.05, 4.69) is 80.6 Å². The van der Waals surface area contributed by atoms with Crippen molar-refractivity contribution < 1.29 is 21.3 Å². The van der Waals surface area contributed by atoms with E-state index in [-0.39, 0.29) is 0 Å². The molecule has 0 aromatic heterocycles. The highest BCUT2D eigenvalue weighted by Gasteiger charge is 2.37. The van der Waals surface area contributed by atoms with Crippen LogP contribution in [0.1, 0.15) is 50.7 Å². The third kappa shape index (κ3) is 6.75. The number of sulfone groups is 2. The summed E-state index contributed by atoms with van der Waals surface area (Å²) in [6, 6.07) is 36.6. The molecule has 0 fully saturated rings. The molecular weight excluding hydrogens is 671 g/mol. The molecule has 0 bridgehead atoms. The van der Waals surface area contributed by atoms with Gasteiger partial charge in [-0.05, 0) is 93.0 Å². The molecule has 0 saturated carbocycles. The van der Waals surface area contributed by atoms with E-state index in [1.54, 1.807) is 18.2 Å². The molecule has 6 aromatic carbocycles. The zero-order valence-electron chi connectivity index (χ0n) is 29.9. The first kappa shape index (κ1) is 35.1. The fourth-order valence-corrected chi connectivity index (χ4v) is 9.41. The number of fused-ring (bicyclic) bond motifs is 7. The van der Waals surface area contributed by atoms with Crippen molar-refractivity contribution in [3.05, 3.63) is 120 Å². The largest absolute Gasteiger partial charge is 0.316 e. The van der Waals surface area contributed by atoms with Crippen LogP contribution in [0.15, 0.2) is 119 Å². The minimum absolute atomic E-state index is 0.312. The fourth-order valence-electron chi connectivity index (χ4n) is 8.11. The second-order valence-electron chi connectivity index (χ2n) is 14.4. The van der Waals surface area contributed by atoms with Gasteiger partial charge in [0.15, 0.2) is 19.7 Å². The maximum atomic E-state index is 12.8. The molecule has 5 nitrogen and oxygen atoms in total. The number of hydrogen-bond acceptors (Lipinski definition) is 4. The second kappa shape index (κ2) is 13.7. The van der Waals surface area contributed by atoms with E-state index in [9.17, 15) is 16.8 Å². The summed E-state index contributed by atoms with van der Waals surface area (Å²) in [6.07, 6.45) is 6.88. The highest BCUT2D eigenvalue weighted by Crippen LogP contribution is 2.50. The predicted molar refractivity (Wildman–Crippen MR) is 211 cm³/mol. The summed E-state index contributed by atoms with van der Waals surface area (Å²) in [7, 11) is -6.77. The van der Waals surface area contributed by atoms with Crippen molar-refractivity contribution in [1.29, 1.82) is 0 Å². The number of benzene rings is 6. The standard InChI is InChI=1S/C44H46NO4S2/c1-5-7-24-45(25-8-6-2)29-41-39(31-20-22-35(23-21-31)50(3,46)47)27-33-14-9-11-18-37(33)43(41)44-38-19-12-10-15-34(38)28-40(42(44)30-45)32-16-13-17-36(26-32)51(4,48)49/h9-23,26-28H,5-8,24-25,29-30H2,1-4H3/q+1. The first-order valence-electron chi connectivity index (χ1n) is 18.0. The molecule has 7 rings (SSSR count). The van der Waals surface area contributed by atoms with Crippen molar-refractivity contribution in [2.75, 3.05) is 25.6 Å². The Labute approximate surface area is 303 Å². The van der Waals surface area contributed by atoms with Crippen LogP contribution in [0.2, 0.25) is 0 Å². The summed E-state index contributed by atoms with van der Waals surface area (Å²) in [5.41, 5.74) is 9.06. The van der Waals surface area contributed by atoms with Crippen LogP contribution in [-0.2, 0) is 32.8 Å². The van der Waals surface area contributed by atoms with Crippen LogP contribution in [0.3, 0.4) is 0 Å². The van der Waals surface area contributed by atoms with Crippen LogP contribution in [0.5, 0.6) is 0 Å². The molecule has 1 heterocycles. The normalized spacial score (nSPS) is 14.3. The highest BCUT2D eigenvalue weighted by atomic mass is 32.2. The molecule has 0 N–H and O–H groups in total. The van der Waals surface area contributed by atoms with Gasteiger partial charge in [0.05, 0.1) is 22.9 Å². The fraction of sp³-hybridized carbons (Fsp3) is 0.273. The second-order valence-corrected chi connectivity index (χ2v) is 18.4. The molecule has 0 saturated heterocycles. The summed E-state index contributed by atoms with van der Waals surface area (Å²) in [5, 5.41) is 4.59. The summed E-state index contributed by atoms with van der Waals surface area (Å²) in [5.74, 6) is 0. The number of rotatable bonds is 10. The molecule has 0 amide bonds. The van der Waals surface area contributed by atoms with E-state index in [1.165, 1.54) is 45.5 Å². The smallest absolute Gasteiger partial charge is 0.175 e. The van der Waals surface area contributed by atoms with Gasteiger partial charge in [-0.1, -0.05) is 99.5 Å². The zero-order chi connectivity index (χ0) is 36.0. The molecule has 51 heavy (non-hydrogen) atoms. The van der Waals surface area contributed by atoms with Crippen LogP contribution >= 0.6 is 0 Å². The van der Waals surface area contributed by atoms with Gasteiger partial charge in [-0.25, -0.2) is 16.8 Å². The van der Waals surface area contributed by atoms with Crippen LogP contribution in [0, 0.1) is 0 Å². The first-order valence-corrected chi connectivity index (χ1v) is 21.8.